The standard InChI is InChI=1S/C17H22N6O2S/c1-5-9-23-14(13-7-6-8-18-10-13)21-22-17(23)26-12(4)15(24)20-16(25)19-11(2)3/h5-8,10-12H,1,9H2,2-4H3,(H2,19,20,24,25)/t12-/m1/s1. The summed E-state index contributed by atoms with van der Waals surface area (Å²) in [7, 11) is 0. The number of imide groups is 1. The Balaban J connectivity index is 2.13. The predicted molar refractivity (Wildman–Crippen MR) is 101 cm³/mol. The van der Waals surface area contributed by atoms with Crippen LogP contribution in [0.25, 0.3) is 11.4 Å². The fourth-order valence-electron chi connectivity index (χ4n) is 2.10. The van der Waals surface area contributed by atoms with Crippen molar-refractivity contribution in [3.63, 3.8) is 0 Å². The van der Waals surface area contributed by atoms with Gasteiger partial charge in [0.05, 0.1) is 5.25 Å². The van der Waals surface area contributed by atoms with E-state index in [-0.39, 0.29) is 6.04 Å². The van der Waals surface area contributed by atoms with Gasteiger partial charge >= 0.3 is 6.03 Å². The van der Waals surface area contributed by atoms with Gasteiger partial charge in [-0.2, -0.15) is 0 Å². The summed E-state index contributed by atoms with van der Waals surface area (Å²) < 4.78 is 1.85. The molecule has 2 rings (SSSR count). The van der Waals surface area contributed by atoms with E-state index in [1.54, 1.807) is 25.4 Å². The highest BCUT2D eigenvalue weighted by Gasteiger charge is 2.22. The Kier molecular flexibility index (Phi) is 6.90. The zero-order chi connectivity index (χ0) is 19.1. The second-order valence-electron chi connectivity index (χ2n) is 5.82. The third-order valence-corrected chi connectivity index (χ3v) is 4.34. The van der Waals surface area contributed by atoms with E-state index < -0.39 is 17.2 Å². The van der Waals surface area contributed by atoms with Crippen molar-refractivity contribution in [3.8, 4) is 11.4 Å². The normalized spacial score (nSPS) is 11.8. The first kappa shape index (κ1) is 19.6. The molecule has 0 spiro atoms. The summed E-state index contributed by atoms with van der Waals surface area (Å²) in [5.41, 5.74) is 0.821. The van der Waals surface area contributed by atoms with Gasteiger partial charge in [-0.05, 0) is 32.9 Å². The number of hydrogen-bond acceptors (Lipinski definition) is 6. The first-order valence-corrected chi connectivity index (χ1v) is 9.02. The molecule has 26 heavy (non-hydrogen) atoms. The van der Waals surface area contributed by atoms with Gasteiger partial charge in [-0.15, -0.1) is 16.8 Å². The highest BCUT2D eigenvalue weighted by atomic mass is 32.2. The molecule has 138 valence electrons. The van der Waals surface area contributed by atoms with Gasteiger partial charge < -0.3 is 5.32 Å². The predicted octanol–water partition coefficient (Wildman–Crippen LogP) is 2.24. The molecule has 8 nitrogen and oxygen atoms in total. The molecule has 9 heteroatoms. The van der Waals surface area contributed by atoms with Crippen LogP contribution in [0, 0.1) is 0 Å². The van der Waals surface area contributed by atoms with E-state index in [0.717, 1.165) is 5.56 Å². The maximum Gasteiger partial charge on any atom is 0.321 e. The van der Waals surface area contributed by atoms with Gasteiger partial charge in [0.15, 0.2) is 11.0 Å². The molecule has 3 amide bonds. The molecule has 0 fully saturated rings. The number of allylic oxidation sites excluding steroid dienone is 1. The molecule has 0 bridgehead atoms. The van der Waals surface area contributed by atoms with Crippen LogP contribution in [0.3, 0.4) is 0 Å². The monoisotopic (exact) mass is 374 g/mol. The first-order chi connectivity index (χ1) is 12.4. The number of nitrogens with one attached hydrogen (secondary N) is 2. The summed E-state index contributed by atoms with van der Waals surface area (Å²) in [5.74, 6) is 0.245. The lowest BCUT2D eigenvalue weighted by Gasteiger charge is -2.13. The van der Waals surface area contributed by atoms with E-state index in [0.29, 0.717) is 17.5 Å². The number of carbonyl (C=O) groups excluding carboxylic acids is 2. The minimum absolute atomic E-state index is 0.0523. The van der Waals surface area contributed by atoms with Crippen LogP contribution in [-0.2, 0) is 11.3 Å². The van der Waals surface area contributed by atoms with Crippen molar-refractivity contribution in [3.05, 3.63) is 37.2 Å². The Labute approximate surface area is 156 Å². The smallest absolute Gasteiger partial charge is 0.321 e. The average molecular weight is 374 g/mol. The lowest BCUT2D eigenvalue weighted by molar-refractivity contribution is -0.119. The number of nitrogens with zero attached hydrogens (tertiary/aromatic N) is 4. The number of amides is 3. The Morgan fingerprint density at radius 2 is 2.12 bits per heavy atom. The summed E-state index contributed by atoms with van der Waals surface area (Å²) in [5, 5.41) is 13.4. The van der Waals surface area contributed by atoms with Gasteiger partial charge in [-0.1, -0.05) is 17.8 Å². The number of aromatic nitrogens is 4. The fraction of sp³-hybridized carbons (Fsp3) is 0.353. The van der Waals surface area contributed by atoms with Crippen molar-refractivity contribution >= 4 is 23.7 Å². The van der Waals surface area contributed by atoms with E-state index in [2.05, 4.69) is 32.4 Å². The molecule has 0 saturated carbocycles. The molecular formula is C17H22N6O2S. The Bertz CT molecular complexity index is 775. The van der Waals surface area contributed by atoms with E-state index in [9.17, 15) is 9.59 Å². The molecule has 2 aromatic heterocycles. The van der Waals surface area contributed by atoms with Gasteiger partial charge in [0.2, 0.25) is 5.91 Å². The minimum atomic E-state index is -0.526. The van der Waals surface area contributed by atoms with E-state index in [1.807, 2.05) is 30.5 Å². The molecular weight excluding hydrogens is 352 g/mol. The molecule has 0 aliphatic rings. The van der Waals surface area contributed by atoms with Crippen molar-refractivity contribution < 1.29 is 9.59 Å². The van der Waals surface area contributed by atoms with Gasteiger partial charge in [0.25, 0.3) is 0 Å². The third-order valence-electron chi connectivity index (χ3n) is 3.26. The molecule has 0 unspecified atom stereocenters. The number of pyridine rings is 1. The molecule has 0 radical (unpaired) electrons. The van der Waals surface area contributed by atoms with Crippen LogP contribution < -0.4 is 10.6 Å². The van der Waals surface area contributed by atoms with E-state index >= 15 is 0 Å². The molecule has 2 heterocycles. The van der Waals surface area contributed by atoms with Gasteiger partial charge in [0, 0.05) is 30.5 Å². The molecule has 0 aromatic carbocycles. The summed E-state index contributed by atoms with van der Waals surface area (Å²) >= 11 is 1.22. The molecule has 0 aliphatic heterocycles. The number of thioether (sulfide) groups is 1. The SMILES string of the molecule is C=CCn1c(S[C@H](C)C(=O)NC(=O)NC(C)C)nnc1-c1cccnc1. The largest absolute Gasteiger partial charge is 0.336 e. The number of urea groups is 1. The maximum absolute atomic E-state index is 12.2. The van der Waals surface area contributed by atoms with Gasteiger partial charge in [0.1, 0.15) is 0 Å². The zero-order valence-corrected chi connectivity index (χ0v) is 15.8. The number of rotatable bonds is 7. The summed E-state index contributed by atoms with van der Waals surface area (Å²) in [6.45, 7) is 9.59. The lowest BCUT2D eigenvalue weighted by atomic mass is 10.3. The van der Waals surface area contributed by atoms with Crippen LogP contribution in [0.4, 0.5) is 4.79 Å². The van der Waals surface area contributed by atoms with Crippen molar-refractivity contribution in [2.75, 3.05) is 0 Å². The summed E-state index contributed by atoms with van der Waals surface area (Å²) in [6.07, 6.45) is 5.11. The highest BCUT2D eigenvalue weighted by molar-refractivity contribution is 8.00. The third kappa shape index (κ3) is 5.16. The Morgan fingerprint density at radius 1 is 1.35 bits per heavy atom. The van der Waals surface area contributed by atoms with Gasteiger partial charge in [-0.3, -0.25) is 19.7 Å². The molecule has 2 N–H and O–H groups in total. The van der Waals surface area contributed by atoms with Gasteiger partial charge in [-0.25, -0.2) is 4.79 Å². The van der Waals surface area contributed by atoms with Crippen molar-refractivity contribution in [1.29, 1.82) is 0 Å². The second-order valence-corrected chi connectivity index (χ2v) is 7.13. The van der Waals surface area contributed by atoms with Crippen LogP contribution >= 0.6 is 11.8 Å². The molecule has 2 aromatic rings. The van der Waals surface area contributed by atoms with Crippen molar-refractivity contribution in [2.45, 2.75) is 43.8 Å². The van der Waals surface area contributed by atoms with E-state index in [1.165, 1.54) is 11.8 Å². The number of hydrogen-bond donors (Lipinski definition) is 2. The maximum atomic E-state index is 12.2. The highest BCUT2D eigenvalue weighted by Crippen LogP contribution is 2.26. The Hall–Kier alpha value is -2.68. The quantitative estimate of drug-likeness (QED) is 0.569. The molecule has 0 saturated heterocycles. The topological polar surface area (TPSA) is 102 Å². The van der Waals surface area contributed by atoms with Crippen molar-refractivity contribution in [1.82, 2.24) is 30.4 Å². The van der Waals surface area contributed by atoms with Crippen LogP contribution in [0.1, 0.15) is 20.8 Å². The minimum Gasteiger partial charge on any atom is -0.336 e. The lowest BCUT2D eigenvalue weighted by Crippen LogP contribution is -2.45. The summed E-state index contributed by atoms with van der Waals surface area (Å²) in [4.78, 5) is 28.0. The molecule has 0 aliphatic carbocycles. The fourth-order valence-corrected chi connectivity index (χ4v) is 2.96. The summed E-state index contributed by atoms with van der Waals surface area (Å²) in [6, 6.07) is 3.14. The van der Waals surface area contributed by atoms with Crippen LogP contribution in [0.15, 0.2) is 42.3 Å². The second kappa shape index (κ2) is 9.14. The van der Waals surface area contributed by atoms with E-state index in [4.69, 9.17) is 0 Å². The van der Waals surface area contributed by atoms with Crippen LogP contribution in [-0.4, -0.2) is 43.0 Å². The van der Waals surface area contributed by atoms with Crippen LogP contribution in [0.5, 0.6) is 0 Å². The first-order valence-electron chi connectivity index (χ1n) is 8.15. The van der Waals surface area contributed by atoms with Crippen molar-refractivity contribution in [2.24, 2.45) is 0 Å². The zero-order valence-electron chi connectivity index (χ0n) is 15.0. The average Bonchev–Trinajstić information content (AvgIpc) is 2.97. The Morgan fingerprint density at radius 3 is 2.73 bits per heavy atom. The number of carbonyl (C=O) groups is 2. The molecule has 1 atom stereocenters. The van der Waals surface area contributed by atoms with Crippen LogP contribution in [0.2, 0.25) is 0 Å².